The van der Waals surface area contributed by atoms with E-state index in [4.69, 9.17) is 9.97 Å². The number of benzene rings is 6. The van der Waals surface area contributed by atoms with Crippen LogP contribution in [0.5, 0.6) is 0 Å². The summed E-state index contributed by atoms with van der Waals surface area (Å²) in [6, 6.07) is 43.7. The number of hydrogen-bond donors (Lipinski definition) is 0. The molecule has 1 aromatic heterocycles. The molecular weight excluding hydrogens is 496 g/mol. The minimum absolute atomic E-state index is 0.217. The zero-order chi connectivity index (χ0) is 27.3. The molecule has 2 aliphatic rings. The third-order valence-electron chi connectivity index (χ3n) is 9.20. The second-order valence-electron chi connectivity index (χ2n) is 11.8. The Balaban J connectivity index is 1.43. The van der Waals surface area contributed by atoms with Gasteiger partial charge in [-0.25, -0.2) is 9.97 Å². The van der Waals surface area contributed by atoms with Crippen LogP contribution in [0, 0.1) is 0 Å². The molecule has 0 amide bonds. The van der Waals surface area contributed by atoms with Crippen LogP contribution < -0.4 is 0 Å². The van der Waals surface area contributed by atoms with E-state index in [0.717, 1.165) is 33.5 Å². The molecule has 0 spiro atoms. The van der Waals surface area contributed by atoms with Crippen LogP contribution in [0.25, 0.3) is 77.7 Å². The number of rotatable bonds is 2. The third kappa shape index (κ3) is 2.97. The third-order valence-corrected chi connectivity index (χ3v) is 9.20. The molecule has 0 bridgehead atoms. The fourth-order valence-electron chi connectivity index (χ4n) is 7.41. The molecule has 9 rings (SSSR count). The normalized spacial score (nSPS) is 13.8. The number of fused-ring (bicyclic) bond motifs is 4. The Kier molecular flexibility index (Phi) is 4.42. The van der Waals surface area contributed by atoms with Crippen molar-refractivity contribution in [2.24, 2.45) is 0 Å². The van der Waals surface area contributed by atoms with Gasteiger partial charge in [-0.05, 0) is 61.3 Å². The van der Waals surface area contributed by atoms with Gasteiger partial charge in [0.25, 0.3) is 0 Å². The molecule has 0 saturated heterocycles. The van der Waals surface area contributed by atoms with Crippen LogP contribution in [0.2, 0.25) is 0 Å². The summed E-state index contributed by atoms with van der Waals surface area (Å²) in [7, 11) is 0. The minimum atomic E-state index is -0.217. The maximum Gasteiger partial charge on any atom is 0.160 e. The Morgan fingerprint density at radius 3 is 2.07 bits per heavy atom. The first-order valence-electron chi connectivity index (χ1n) is 14.3. The standard InChI is InChI=1S/C39H26N2/c1-39(2)31-22-19-23-13-10-17-27-25-14-6-7-15-26(25)28-20-21-30(36(39)34(28)35(31)33(23)27)38-40-32-18-9-8-16-29(32)37(41-38)24-11-4-3-5-12-24/h3-22H,1-2H3. The average Bonchev–Trinajstić information content (AvgIpc) is 3.19. The Hall–Kier alpha value is -5.08. The second kappa shape index (κ2) is 7.99. The Labute approximate surface area is 239 Å². The molecule has 0 radical (unpaired) electrons. The highest BCUT2D eigenvalue weighted by atomic mass is 14.9. The fraction of sp³-hybridized carbons (Fsp3) is 0.0769. The van der Waals surface area contributed by atoms with Crippen molar-refractivity contribution in [3.63, 3.8) is 0 Å². The Bertz CT molecular complexity index is 2220. The molecule has 0 N–H and O–H groups in total. The van der Waals surface area contributed by atoms with Crippen LogP contribution in [0.15, 0.2) is 121 Å². The van der Waals surface area contributed by atoms with Crippen LogP contribution >= 0.6 is 0 Å². The lowest BCUT2D eigenvalue weighted by atomic mass is 9.78. The second-order valence-corrected chi connectivity index (χ2v) is 11.8. The lowest BCUT2D eigenvalue weighted by molar-refractivity contribution is 0.662. The van der Waals surface area contributed by atoms with Gasteiger partial charge in [0.05, 0.1) is 11.2 Å². The summed E-state index contributed by atoms with van der Waals surface area (Å²) in [6.07, 6.45) is 0. The van der Waals surface area contributed by atoms with E-state index in [1.54, 1.807) is 0 Å². The Morgan fingerprint density at radius 1 is 0.512 bits per heavy atom. The minimum Gasteiger partial charge on any atom is -0.228 e. The monoisotopic (exact) mass is 522 g/mol. The molecule has 2 heteroatoms. The van der Waals surface area contributed by atoms with Crippen molar-refractivity contribution in [3.8, 4) is 56.0 Å². The first-order chi connectivity index (χ1) is 20.1. The largest absolute Gasteiger partial charge is 0.228 e. The van der Waals surface area contributed by atoms with Gasteiger partial charge in [0.2, 0.25) is 0 Å². The SMILES string of the molecule is CC1(C)c2ccc3cccc4c3c2-c2c(ccc(-c3nc(-c5ccccc5)c5ccccc5n3)c21)-c1ccccc1-4. The smallest absolute Gasteiger partial charge is 0.160 e. The number of para-hydroxylation sites is 1. The van der Waals surface area contributed by atoms with E-state index in [1.807, 2.05) is 0 Å². The molecule has 0 fully saturated rings. The molecule has 0 unspecified atom stereocenters. The lowest BCUT2D eigenvalue weighted by Crippen LogP contribution is -2.17. The maximum atomic E-state index is 5.31. The summed E-state index contributed by atoms with van der Waals surface area (Å²) >= 11 is 0. The van der Waals surface area contributed by atoms with Gasteiger partial charge in [-0.2, -0.15) is 0 Å². The van der Waals surface area contributed by atoms with Gasteiger partial charge in [-0.3, -0.25) is 0 Å². The number of aromatic nitrogens is 2. The van der Waals surface area contributed by atoms with E-state index in [-0.39, 0.29) is 5.41 Å². The van der Waals surface area contributed by atoms with Crippen LogP contribution in [-0.4, -0.2) is 9.97 Å². The van der Waals surface area contributed by atoms with Crippen molar-refractivity contribution in [1.82, 2.24) is 9.97 Å². The van der Waals surface area contributed by atoms with E-state index >= 15 is 0 Å². The quantitative estimate of drug-likeness (QED) is 0.226. The summed E-state index contributed by atoms with van der Waals surface area (Å²) in [4.78, 5) is 10.5. The Morgan fingerprint density at radius 2 is 1.22 bits per heavy atom. The van der Waals surface area contributed by atoms with Gasteiger partial charge in [0.15, 0.2) is 5.82 Å². The van der Waals surface area contributed by atoms with Gasteiger partial charge in [0, 0.05) is 21.9 Å². The molecule has 1 heterocycles. The maximum absolute atomic E-state index is 5.31. The first-order valence-corrected chi connectivity index (χ1v) is 14.3. The number of nitrogens with zero attached hydrogens (tertiary/aromatic N) is 2. The number of hydrogen-bond acceptors (Lipinski definition) is 2. The summed E-state index contributed by atoms with van der Waals surface area (Å²) in [5.74, 6) is 0.781. The molecule has 6 aromatic carbocycles. The predicted molar refractivity (Wildman–Crippen MR) is 170 cm³/mol. The van der Waals surface area contributed by atoms with E-state index in [2.05, 4.69) is 135 Å². The van der Waals surface area contributed by atoms with Crippen LogP contribution in [0.4, 0.5) is 0 Å². The zero-order valence-corrected chi connectivity index (χ0v) is 22.9. The zero-order valence-electron chi connectivity index (χ0n) is 22.9. The van der Waals surface area contributed by atoms with Crippen molar-refractivity contribution < 1.29 is 0 Å². The van der Waals surface area contributed by atoms with Crippen LogP contribution in [-0.2, 0) is 5.41 Å². The molecule has 0 atom stereocenters. The highest BCUT2D eigenvalue weighted by Gasteiger charge is 2.42. The van der Waals surface area contributed by atoms with Gasteiger partial charge in [0.1, 0.15) is 0 Å². The van der Waals surface area contributed by atoms with E-state index in [1.165, 1.54) is 55.3 Å². The van der Waals surface area contributed by atoms with Crippen molar-refractivity contribution in [1.29, 1.82) is 0 Å². The topological polar surface area (TPSA) is 25.8 Å². The van der Waals surface area contributed by atoms with Crippen molar-refractivity contribution >= 4 is 21.7 Å². The highest BCUT2D eigenvalue weighted by molar-refractivity contribution is 6.17. The highest BCUT2D eigenvalue weighted by Crippen LogP contribution is 2.60. The predicted octanol–water partition coefficient (Wildman–Crippen LogP) is 10.1. The molecular formula is C39H26N2. The van der Waals surface area contributed by atoms with E-state index in [9.17, 15) is 0 Å². The lowest BCUT2D eigenvalue weighted by Gasteiger charge is -2.25. The van der Waals surface area contributed by atoms with Crippen molar-refractivity contribution in [2.45, 2.75) is 19.3 Å². The molecule has 2 aliphatic carbocycles. The van der Waals surface area contributed by atoms with E-state index in [0.29, 0.717) is 0 Å². The molecule has 0 saturated carbocycles. The van der Waals surface area contributed by atoms with E-state index < -0.39 is 0 Å². The van der Waals surface area contributed by atoms with Gasteiger partial charge >= 0.3 is 0 Å². The van der Waals surface area contributed by atoms with Gasteiger partial charge in [-0.1, -0.05) is 129 Å². The summed E-state index contributed by atoms with van der Waals surface area (Å²) in [5, 5.41) is 3.71. The van der Waals surface area contributed by atoms with Gasteiger partial charge in [-0.15, -0.1) is 0 Å². The molecule has 7 aromatic rings. The molecule has 0 aliphatic heterocycles. The fourth-order valence-corrected chi connectivity index (χ4v) is 7.41. The summed E-state index contributed by atoms with van der Waals surface area (Å²) in [5.41, 5.74) is 14.5. The van der Waals surface area contributed by atoms with Crippen LogP contribution in [0.1, 0.15) is 25.0 Å². The summed E-state index contributed by atoms with van der Waals surface area (Å²) < 4.78 is 0. The molecule has 2 nitrogen and oxygen atoms in total. The van der Waals surface area contributed by atoms with Crippen molar-refractivity contribution in [3.05, 3.63) is 132 Å². The van der Waals surface area contributed by atoms with Gasteiger partial charge < -0.3 is 0 Å². The van der Waals surface area contributed by atoms with Crippen LogP contribution in [0.3, 0.4) is 0 Å². The first kappa shape index (κ1) is 22.7. The van der Waals surface area contributed by atoms with Crippen molar-refractivity contribution in [2.75, 3.05) is 0 Å². The average molecular weight is 523 g/mol. The molecule has 41 heavy (non-hydrogen) atoms. The molecule has 192 valence electrons. The summed E-state index contributed by atoms with van der Waals surface area (Å²) in [6.45, 7) is 4.73.